The predicted octanol–water partition coefficient (Wildman–Crippen LogP) is 3.02. The van der Waals surface area contributed by atoms with Crippen LogP contribution in [0.15, 0.2) is 12.6 Å². The Morgan fingerprint density at radius 2 is 2.10 bits per heavy atom. The third-order valence-corrected chi connectivity index (χ3v) is 1.26. The molecule has 0 aliphatic rings. The van der Waals surface area contributed by atoms with Gasteiger partial charge in [0.15, 0.2) is 0 Å². The molecule has 0 spiro atoms. The lowest BCUT2D eigenvalue weighted by molar-refractivity contribution is 0.143. The topological polar surface area (TPSA) is 9.23 Å². The molecule has 0 aliphatic heterocycles. The standard InChI is InChI=1S/C8H15FO/c1-3-4-5-6-7-10-8(2)9/h2-7H2,1H3. The molecular formula is C8H15FO. The van der Waals surface area contributed by atoms with Crippen molar-refractivity contribution in [1.29, 1.82) is 0 Å². The van der Waals surface area contributed by atoms with E-state index < -0.39 is 6.01 Å². The van der Waals surface area contributed by atoms with Gasteiger partial charge in [0.1, 0.15) is 0 Å². The highest BCUT2D eigenvalue weighted by Gasteiger charge is 1.89. The molecule has 10 heavy (non-hydrogen) atoms. The summed E-state index contributed by atoms with van der Waals surface area (Å²) in [7, 11) is 0. The molecule has 0 fully saturated rings. The second kappa shape index (κ2) is 6.59. The molecule has 0 aromatic heterocycles. The average molecular weight is 146 g/mol. The average Bonchev–Trinajstić information content (AvgIpc) is 1.87. The Kier molecular flexibility index (Phi) is 6.24. The SMILES string of the molecule is C=C(F)OCCCCCC. The summed E-state index contributed by atoms with van der Waals surface area (Å²) >= 11 is 0. The van der Waals surface area contributed by atoms with E-state index in [1.807, 2.05) is 0 Å². The highest BCUT2D eigenvalue weighted by Crippen LogP contribution is 2.01. The van der Waals surface area contributed by atoms with Crippen LogP contribution < -0.4 is 0 Å². The minimum absolute atomic E-state index is 0.468. The summed E-state index contributed by atoms with van der Waals surface area (Å²) in [5, 5.41) is 0. The second-order valence-electron chi connectivity index (χ2n) is 2.26. The van der Waals surface area contributed by atoms with Crippen molar-refractivity contribution in [1.82, 2.24) is 0 Å². The fourth-order valence-corrected chi connectivity index (χ4v) is 0.712. The lowest BCUT2D eigenvalue weighted by Gasteiger charge is -2.00. The van der Waals surface area contributed by atoms with E-state index in [1.165, 1.54) is 12.8 Å². The minimum Gasteiger partial charge on any atom is -0.471 e. The summed E-state index contributed by atoms with van der Waals surface area (Å²) in [5.41, 5.74) is 0. The van der Waals surface area contributed by atoms with Gasteiger partial charge in [-0.15, -0.1) is 0 Å². The van der Waals surface area contributed by atoms with Gasteiger partial charge in [-0.1, -0.05) is 26.2 Å². The first-order chi connectivity index (χ1) is 4.77. The summed E-state index contributed by atoms with van der Waals surface area (Å²) in [6.07, 6.45) is 4.43. The predicted molar refractivity (Wildman–Crippen MR) is 40.3 cm³/mol. The second-order valence-corrected chi connectivity index (χ2v) is 2.26. The van der Waals surface area contributed by atoms with Crippen molar-refractivity contribution in [3.63, 3.8) is 0 Å². The lowest BCUT2D eigenvalue weighted by atomic mass is 10.2. The molecule has 2 heteroatoms. The highest BCUT2D eigenvalue weighted by atomic mass is 19.1. The van der Waals surface area contributed by atoms with Crippen LogP contribution in [-0.4, -0.2) is 6.61 Å². The van der Waals surface area contributed by atoms with Gasteiger partial charge in [0, 0.05) is 0 Å². The summed E-state index contributed by atoms with van der Waals surface area (Å²) in [6.45, 7) is 5.59. The maximum Gasteiger partial charge on any atom is 0.265 e. The molecule has 0 unspecified atom stereocenters. The van der Waals surface area contributed by atoms with E-state index in [1.54, 1.807) is 0 Å². The Bertz CT molecular complexity index is 91.3. The molecule has 0 bridgehead atoms. The molecule has 0 aromatic rings. The number of rotatable bonds is 6. The van der Waals surface area contributed by atoms with Gasteiger partial charge >= 0.3 is 0 Å². The van der Waals surface area contributed by atoms with E-state index in [0.717, 1.165) is 12.8 Å². The van der Waals surface area contributed by atoms with Crippen molar-refractivity contribution < 1.29 is 9.13 Å². The van der Waals surface area contributed by atoms with E-state index in [-0.39, 0.29) is 0 Å². The van der Waals surface area contributed by atoms with Crippen molar-refractivity contribution >= 4 is 0 Å². The van der Waals surface area contributed by atoms with Gasteiger partial charge in [0.25, 0.3) is 6.01 Å². The molecule has 0 atom stereocenters. The summed E-state index contributed by atoms with van der Waals surface area (Å²) < 4.78 is 16.3. The van der Waals surface area contributed by atoms with Crippen LogP contribution in [0.2, 0.25) is 0 Å². The third kappa shape index (κ3) is 7.47. The zero-order valence-electron chi connectivity index (χ0n) is 6.53. The smallest absolute Gasteiger partial charge is 0.265 e. The summed E-state index contributed by atoms with van der Waals surface area (Å²) in [5.74, 6) is 0. The van der Waals surface area contributed by atoms with Gasteiger partial charge in [-0.3, -0.25) is 0 Å². The first kappa shape index (κ1) is 9.47. The van der Waals surface area contributed by atoms with Crippen molar-refractivity contribution in [3.8, 4) is 0 Å². The molecule has 0 aliphatic carbocycles. The van der Waals surface area contributed by atoms with Crippen LogP contribution in [0.4, 0.5) is 4.39 Å². The maximum atomic E-state index is 11.8. The monoisotopic (exact) mass is 146 g/mol. The van der Waals surface area contributed by atoms with Gasteiger partial charge in [-0.25, -0.2) is 0 Å². The zero-order chi connectivity index (χ0) is 7.82. The summed E-state index contributed by atoms with van der Waals surface area (Å²) in [6, 6.07) is -0.670. The van der Waals surface area contributed by atoms with Gasteiger partial charge in [0.2, 0.25) is 0 Å². The zero-order valence-corrected chi connectivity index (χ0v) is 6.53. The van der Waals surface area contributed by atoms with Gasteiger partial charge in [0.05, 0.1) is 6.61 Å². The number of hydrogen-bond acceptors (Lipinski definition) is 1. The molecule has 1 nitrogen and oxygen atoms in total. The minimum atomic E-state index is -0.670. The van der Waals surface area contributed by atoms with Crippen LogP contribution in [0.3, 0.4) is 0 Å². The summed E-state index contributed by atoms with van der Waals surface area (Å²) in [4.78, 5) is 0. The number of hydrogen-bond donors (Lipinski definition) is 0. The Balaban J connectivity index is 2.84. The van der Waals surface area contributed by atoms with Gasteiger partial charge in [-0.05, 0) is 13.0 Å². The Morgan fingerprint density at radius 1 is 1.40 bits per heavy atom. The Morgan fingerprint density at radius 3 is 2.60 bits per heavy atom. The van der Waals surface area contributed by atoms with Crippen LogP contribution in [0.5, 0.6) is 0 Å². The number of ether oxygens (including phenoxy) is 1. The molecule has 0 aromatic carbocycles. The lowest BCUT2D eigenvalue weighted by Crippen LogP contribution is -1.89. The van der Waals surface area contributed by atoms with Crippen molar-refractivity contribution in [2.45, 2.75) is 32.6 Å². The largest absolute Gasteiger partial charge is 0.471 e. The molecule has 0 N–H and O–H groups in total. The molecule has 60 valence electrons. The van der Waals surface area contributed by atoms with Gasteiger partial charge in [-0.2, -0.15) is 4.39 Å². The maximum absolute atomic E-state index is 11.8. The van der Waals surface area contributed by atoms with Gasteiger partial charge < -0.3 is 4.74 Å². The first-order valence-corrected chi connectivity index (χ1v) is 3.74. The van der Waals surface area contributed by atoms with Crippen LogP contribution >= 0.6 is 0 Å². The van der Waals surface area contributed by atoms with Crippen LogP contribution in [0.25, 0.3) is 0 Å². The normalized spacial score (nSPS) is 9.40. The molecule has 0 rings (SSSR count). The van der Waals surface area contributed by atoms with Crippen LogP contribution in [-0.2, 0) is 4.74 Å². The molecular weight excluding hydrogens is 131 g/mol. The molecule has 0 radical (unpaired) electrons. The van der Waals surface area contributed by atoms with E-state index in [2.05, 4.69) is 18.2 Å². The van der Waals surface area contributed by atoms with E-state index >= 15 is 0 Å². The molecule has 0 saturated carbocycles. The van der Waals surface area contributed by atoms with E-state index in [0.29, 0.717) is 6.61 Å². The third-order valence-electron chi connectivity index (χ3n) is 1.26. The Labute approximate surface area is 61.9 Å². The van der Waals surface area contributed by atoms with E-state index in [4.69, 9.17) is 0 Å². The number of unbranched alkanes of at least 4 members (excludes halogenated alkanes) is 3. The quantitative estimate of drug-likeness (QED) is 0.413. The van der Waals surface area contributed by atoms with Crippen LogP contribution in [0.1, 0.15) is 32.6 Å². The molecule has 0 saturated heterocycles. The Hall–Kier alpha value is -0.530. The van der Waals surface area contributed by atoms with Crippen molar-refractivity contribution in [3.05, 3.63) is 12.6 Å². The first-order valence-electron chi connectivity index (χ1n) is 3.74. The molecule has 0 amide bonds. The fraction of sp³-hybridized carbons (Fsp3) is 0.750. The highest BCUT2D eigenvalue weighted by molar-refractivity contribution is 4.62. The van der Waals surface area contributed by atoms with Crippen molar-refractivity contribution in [2.24, 2.45) is 0 Å². The fourth-order valence-electron chi connectivity index (χ4n) is 0.712. The number of halogens is 1. The van der Waals surface area contributed by atoms with Crippen LogP contribution in [0, 0.1) is 0 Å². The molecule has 0 heterocycles. The van der Waals surface area contributed by atoms with E-state index in [9.17, 15) is 4.39 Å². The van der Waals surface area contributed by atoms with Crippen molar-refractivity contribution in [2.75, 3.05) is 6.61 Å².